The number of rotatable bonds is 6. The number of aliphatic hydroxyl groups excluding tert-OH is 1. The number of para-hydroxylation sites is 1. The molecule has 3 aromatic rings. The summed E-state index contributed by atoms with van der Waals surface area (Å²) < 4.78 is 0. The first-order chi connectivity index (χ1) is 11.5. The molecular formula is C17H14N2O5. The van der Waals surface area contributed by atoms with E-state index in [-0.39, 0.29) is 24.2 Å². The number of carbonyl (C=O) groups is 3. The number of aromatic nitrogens is 2. The van der Waals surface area contributed by atoms with Crippen molar-refractivity contribution in [3.63, 3.8) is 0 Å². The number of aromatic carboxylic acids is 1. The normalized spacial score (nSPS) is 11.0. The molecule has 24 heavy (non-hydrogen) atoms. The fraction of sp³-hybridized carbons (Fsp3) is 0.176. The number of hydrogen-bond donors (Lipinski definition) is 3. The van der Waals surface area contributed by atoms with Gasteiger partial charge in [0.15, 0.2) is 11.6 Å². The number of benzene rings is 1. The van der Waals surface area contributed by atoms with E-state index in [0.717, 1.165) is 10.9 Å². The van der Waals surface area contributed by atoms with Gasteiger partial charge in [-0.05, 0) is 12.1 Å². The lowest BCUT2D eigenvalue weighted by atomic mass is 10.1. The van der Waals surface area contributed by atoms with E-state index in [0.29, 0.717) is 10.9 Å². The third kappa shape index (κ3) is 2.77. The third-order valence-corrected chi connectivity index (χ3v) is 3.79. The second-order valence-corrected chi connectivity index (χ2v) is 5.37. The van der Waals surface area contributed by atoms with E-state index in [1.54, 1.807) is 0 Å². The maximum absolute atomic E-state index is 12.4. The van der Waals surface area contributed by atoms with Gasteiger partial charge in [-0.3, -0.25) is 9.59 Å². The lowest BCUT2D eigenvalue weighted by Gasteiger charge is -2.04. The van der Waals surface area contributed by atoms with E-state index in [9.17, 15) is 19.5 Å². The first-order valence-electron chi connectivity index (χ1n) is 7.31. The minimum absolute atomic E-state index is 0.00756. The minimum atomic E-state index is -1.23. The number of fused-ring (bicyclic) bond motifs is 3. The predicted molar refractivity (Wildman–Crippen MR) is 86.2 cm³/mol. The van der Waals surface area contributed by atoms with Gasteiger partial charge in [0.05, 0.1) is 5.52 Å². The zero-order chi connectivity index (χ0) is 17.3. The molecular weight excluding hydrogens is 312 g/mol. The third-order valence-electron chi connectivity index (χ3n) is 3.79. The number of nitrogens with zero attached hydrogens (tertiary/aromatic N) is 1. The molecule has 0 fully saturated rings. The van der Waals surface area contributed by atoms with Gasteiger partial charge in [-0.15, -0.1) is 0 Å². The Morgan fingerprint density at radius 3 is 2.54 bits per heavy atom. The van der Waals surface area contributed by atoms with Gasteiger partial charge in [0.2, 0.25) is 0 Å². The molecule has 0 spiro atoms. The number of Topliss-reactive ketones (excluding diaryl/α,β-unsaturated/α-hetero) is 2. The fourth-order valence-electron chi connectivity index (χ4n) is 2.61. The van der Waals surface area contributed by atoms with Crippen molar-refractivity contribution in [3.05, 3.63) is 41.7 Å². The molecule has 0 aliphatic carbocycles. The molecule has 2 aromatic heterocycles. The zero-order valence-corrected chi connectivity index (χ0v) is 12.6. The van der Waals surface area contributed by atoms with Crippen LogP contribution in [0.15, 0.2) is 30.3 Å². The van der Waals surface area contributed by atoms with Gasteiger partial charge < -0.3 is 15.2 Å². The second-order valence-electron chi connectivity index (χ2n) is 5.37. The molecule has 0 amide bonds. The van der Waals surface area contributed by atoms with Crippen molar-refractivity contribution in [2.24, 2.45) is 0 Å². The maximum atomic E-state index is 12.4. The first kappa shape index (κ1) is 15.8. The summed E-state index contributed by atoms with van der Waals surface area (Å²) in [7, 11) is 0. The molecule has 7 heteroatoms. The average Bonchev–Trinajstić information content (AvgIpc) is 2.97. The number of hydrogen-bond acceptors (Lipinski definition) is 5. The summed E-state index contributed by atoms with van der Waals surface area (Å²) in [5.74, 6) is -2.13. The summed E-state index contributed by atoms with van der Waals surface area (Å²) in [6.45, 7) is -0.627. The van der Waals surface area contributed by atoms with Crippen molar-refractivity contribution in [1.82, 2.24) is 9.97 Å². The number of carboxylic acid groups (broad SMARTS) is 1. The zero-order valence-electron chi connectivity index (χ0n) is 12.6. The van der Waals surface area contributed by atoms with Crippen molar-refractivity contribution in [2.45, 2.75) is 12.8 Å². The van der Waals surface area contributed by atoms with Crippen LogP contribution in [0.2, 0.25) is 0 Å². The van der Waals surface area contributed by atoms with Gasteiger partial charge in [0.1, 0.15) is 18.0 Å². The van der Waals surface area contributed by atoms with Crippen LogP contribution in [0.4, 0.5) is 0 Å². The van der Waals surface area contributed by atoms with Gasteiger partial charge in [-0.2, -0.15) is 0 Å². The summed E-state index contributed by atoms with van der Waals surface area (Å²) >= 11 is 0. The van der Waals surface area contributed by atoms with E-state index in [2.05, 4.69) is 9.97 Å². The van der Waals surface area contributed by atoms with Crippen LogP contribution in [0.25, 0.3) is 21.8 Å². The topological polar surface area (TPSA) is 120 Å². The van der Waals surface area contributed by atoms with Crippen molar-refractivity contribution >= 4 is 39.3 Å². The van der Waals surface area contributed by atoms with Crippen LogP contribution < -0.4 is 0 Å². The van der Waals surface area contributed by atoms with E-state index in [1.165, 1.54) is 6.07 Å². The molecule has 2 heterocycles. The summed E-state index contributed by atoms with van der Waals surface area (Å²) in [4.78, 5) is 42.0. The smallest absolute Gasteiger partial charge is 0.354 e. The number of aliphatic hydroxyl groups is 1. The van der Waals surface area contributed by atoms with Crippen LogP contribution in [0.3, 0.4) is 0 Å². The number of ketones is 2. The molecule has 0 bridgehead atoms. The Labute approximate surface area is 135 Å². The molecule has 0 saturated heterocycles. The molecule has 0 aliphatic rings. The number of H-pyrrole nitrogens is 1. The van der Waals surface area contributed by atoms with E-state index >= 15 is 0 Å². The van der Waals surface area contributed by atoms with Crippen molar-refractivity contribution < 1.29 is 24.6 Å². The highest BCUT2D eigenvalue weighted by atomic mass is 16.4. The standard InChI is InChI=1S/C17H14N2O5/c20-8-9(21)5-6-14(22)16-15-11(7-13(19-16)17(23)24)10-3-1-2-4-12(10)18-15/h1-4,7,18,20H,5-6,8H2,(H,23,24). The second kappa shape index (κ2) is 6.21. The molecule has 3 rings (SSSR count). The van der Waals surface area contributed by atoms with Gasteiger partial charge >= 0.3 is 5.97 Å². The number of carboxylic acids is 1. The van der Waals surface area contributed by atoms with Crippen LogP contribution in [0.1, 0.15) is 33.8 Å². The molecule has 0 aliphatic heterocycles. The van der Waals surface area contributed by atoms with Crippen LogP contribution in [-0.4, -0.2) is 44.3 Å². The molecule has 3 N–H and O–H groups in total. The summed E-state index contributed by atoms with van der Waals surface area (Å²) in [5.41, 5.74) is 0.968. The molecule has 0 atom stereocenters. The Bertz CT molecular complexity index is 974. The highest BCUT2D eigenvalue weighted by Gasteiger charge is 2.20. The SMILES string of the molecule is O=C(CO)CCC(=O)c1nc(C(=O)O)cc2c1[nH]c1ccccc12. The highest BCUT2D eigenvalue weighted by molar-refractivity contribution is 6.16. The van der Waals surface area contributed by atoms with Gasteiger partial charge in [-0.1, -0.05) is 18.2 Å². The lowest BCUT2D eigenvalue weighted by Crippen LogP contribution is -2.12. The Balaban J connectivity index is 2.16. The fourth-order valence-corrected chi connectivity index (χ4v) is 2.61. The van der Waals surface area contributed by atoms with Crippen LogP contribution >= 0.6 is 0 Å². The number of nitrogens with one attached hydrogen (secondary N) is 1. The Hall–Kier alpha value is -3.06. The average molecular weight is 326 g/mol. The Morgan fingerprint density at radius 1 is 1.08 bits per heavy atom. The largest absolute Gasteiger partial charge is 0.477 e. The maximum Gasteiger partial charge on any atom is 0.354 e. The van der Waals surface area contributed by atoms with Gasteiger partial charge in [0, 0.05) is 29.1 Å². The van der Waals surface area contributed by atoms with Crippen molar-refractivity contribution in [3.8, 4) is 0 Å². The summed E-state index contributed by atoms with van der Waals surface area (Å²) in [6, 6.07) is 8.71. The van der Waals surface area contributed by atoms with E-state index in [4.69, 9.17) is 5.11 Å². The first-order valence-corrected chi connectivity index (χ1v) is 7.31. The molecule has 0 unspecified atom stereocenters. The molecule has 0 saturated carbocycles. The highest BCUT2D eigenvalue weighted by Crippen LogP contribution is 2.28. The Morgan fingerprint density at radius 2 is 1.83 bits per heavy atom. The molecule has 1 aromatic carbocycles. The van der Waals surface area contributed by atoms with E-state index in [1.807, 2.05) is 24.3 Å². The monoisotopic (exact) mass is 326 g/mol. The molecule has 122 valence electrons. The minimum Gasteiger partial charge on any atom is -0.477 e. The van der Waals surface area contributed by atoms with Crippen LogP contribution in [0.5, 0.6) is 0 Å². The van der Waals surface area contributed by atoms with Crippen LogP contribution in [0, 0.1) is 0 Å². The molecule has 0 radical (unpaired) electrons. The number of carbonyl (C=O) groups excluding carboxylic acids is 2. The lowest BCUT2D eigenvalue weighted by molar-refractivity contribution is -0.121. The summed E-state index contributed by atoms with van der Waals surface area (Å²) in [6.07, 6.45) is -0.254. The predicted octanol–water partition coefficient (Wildman–Crippen LogP) is 1.94. The van der Waals surface area contributed by atoms with Crippen molar-refractivity contribution in [2.75, 3.05) is 6.61 Å². The Kier molecular flexibility index (Phi) is 4.09. The quantitative estimate of drug-likeness (QED) is 0.595. The number of pyridine rings is 1. The van der Waals surface area contributed by atoms with Crippen molar-refractivity contribution in [1.29, 1.82) is 0 Å². The van der Waals surface area contributed by atoms with Gasteiger partial charge in [0.25, 0.3) is 0 Å². The van der Waals surface area contributed by atoms with Gasteiger partial charge in [-0.25, -0.2) is 9.78 Å². The van der Waals surface area contributed by atoms with E-state index < -0.39 is 24.1 Å². The number of aromatic amines is 1. The van der Waals surface area contributed by atoms with Crippen LogP contribution in [-0.2, 0) is 4.79 Å². The molecule has 7 nitrogen and oxygen atoms in total. The summed E-state index contributed by atoms with van der Waals surface area (Å²) in [5, 5.41) is 19.4.